The summed E-state index contributed by atoms with van der Waals surface area (Å²) in [4.78, 5) is 0. The topological polar surface area (TPSA) is 32.3 Å². The van der Waals surface area contributed by atoms with Crippen LogP contribution in [0.2, 0.25) is 0 Å². The molecule has 0 saturated carbocycles. The second kappa shape index (κ2) is 5.36. The van der Waals surface area contributed by atoms with Crippen LogP contribution in [0.15, 0.2) is 48.5 Å². The van der Waals surface area contributed by atoms with Gasteiger partial charge in [-0.15, -0.1) is 0 Å². The Balaban J connectivity index is 2.36. The fourth-order valence-electron chi connectivity index (χ4n) is 1.92. The molecule has 0 bridgehead atoms. The number of hydrogen-bond donors (Lipinski definition) is 2. The molecule has 2 aromatic carbocycles. The van der Waals surface area contributed by atoms with Crippen LogP contribution >= 0.6 is 0 Å². The minimum Gasteiger partial charge on any atom is -0.394 e. The standard InChI is InChI=1S/C15H15F2NO/c1-15(10-19,18-14-5-3-2-4-6-14)11-7-12(16)9-13(17)8-11/h2-9,18-19H,10H2,1H3. The second-order valence-corrected chi connectivity index (χ2v) is 4.64. The van der Waals surface area contributed by atoms with Crippen molar-refractivity contribution in [2.24, 2.45) is 0 Å². The molecule has 0 aliphatic heterocycles. The molecule has 0 fully saturated rings. The molecular weight excluding hydrogens is 248 g/mol. The van der Waals surface area contributed by atoms with Crippen molar-refractivity contribution in [3.8, 4) is 0 Å². The number of anilines is 1. The van der Waals surface area contributed by atoms with Gasteiger partial charge in [-0.1, -0.05) is 18.2 Å². The number of aliphatic hydroxyl groups excluding tert-OH is 1. The fraction of sp³-hybridized carbons (Fsp3) is 0.200. The van der Waals surface area contributed by atoms with Crippen LogP contribution in [-0.2, 0) is 5.54 Å². The zero-order chi connectivity index (χ0) is 13.9. The first-order valence-corrected chi connectivity index (χ1v) is 5.94. The van der Waals surface area contributed by atoms with Crippen LogP contribution in [0.1, 0.15) is 12.5 Å². The average molecular weight is 263 g/mol. The van der Waals surface area contributed by atoms with E-state index in [4.69, 9.17) is 0 Å². The Morgan fingerprint density at radius 3 is 2.16 bits per heavy atom. The molecule has 2 nitrogen and oxygen atoms in total. The van der Waals surface area contributed by atoms with Crippen molar-refractivity contribution in [3.05, 3.63) is 65.7 Å². The summed E-state index contributed by atoms with van der Waals surface area (Å²) in [5, 5.41) is 12.7. The van der Waals surface area contributed by atoms with Gasteiger partial charge in [0.25, 0.3) is 0 Å². The highest BCUT2D eigenvalue weighted by Gasteiger charge is 2.26. The zero-order valence-corrected chi connectivity index (χ0v) is 10.5. The summed E-state index contributed by atoms with van der Waals surface area (Å²) < 4.78 is 26.6. The van der Waals surface area contributed by atoms with Gasteiger partial charge in [0.05, 0.1) is 12.1 Å². The molecule has 100 valence electrons. The summed E-state index contributed by atoms with van der Waals surface area (Å²) in [5.74, 6) is -1.32. The van der Waals surface area contributed by atoms with E-state index in [1.54, 1.807) is 6.92 Å². The summed E-state index contributed by atoms with van der Waals surface area (Å²) >= 11 is 0. The molecule has 0 amide bonds. The third-order valence-electron chi connectivity index (χ3n) is 3.01. The maximum Gasteiger partial charge on any atom is 0.126 e. The van der Waals surface area contributed by atoms with Gasteiger partial charge in [0.2, 0.25) is 0 Å². The molecule has 2 rings (SSSR count). The van der Waals surface area contributed by atoms with Gasteiger partial charge in [-0.05, 0) is 36.8 Å². The number of benzene rings is 2. The first kappa shape index (κ1) is 13.5. The lowest BCUT2D eigenvalue weighted by Crippen LogP contribution is -2.36. The van der Waals surface area contributed by atoms with Crippen LogP contribution in [-0.4, -0.2) is 11.7 Å². The van der Waals surface area contributed by atoms with E-state index in [9.17, 15) is 13.9 Å². The predicted octanol–water partition coefficient (Wildman–Crippen LogP) is 3.28. The molecule has 19 heavy (non-hydrogen) atoms. The first-order valence-electron chi connectivity index (χ1n) is 5.94. The Hall–Kier alpha value is -1.94. The van der Waals surface area contributed by atoms with Crippen molar-refractivity contribution >= 4 is 5.69 Å². The molecule has 0 saturated heterocycles. The monoisotopic (exact) mass is 263 g/mol. The van der Waals surface area contributed by atoms with Crippen molar-refractivity contribution in [1.29, 1.82) is 0 Å². The summed E-state index contributed by atoms with van der Waals surface area (Å²) in [6.07, 6.45) is 0. The summed E-state index contributed by atoms with van der Waals surface area (Å²) in [6.45, 7) is 1.40. The van der Waals surface area contributed by atoms with Crippen LogP contribution in [0, 0.1) is 11.6 Å². The molecular formula is C15H15F2NO. The number of para-hydroxylation sites is 1. The molecule has 0 spiro atoms. The molecule has 2 aromatic rings. The van der Waals surface area contributed by atoms with Crippen LogP contribution in [0.3, 0.4) is 0 Å². The lowest BCUT2D eigenvalue weighted by Gasteiger charge is -2.30. The van der Waals surface area contributed by atoms with E-state index in [-0.39, 0.29) is 6.61 Å². The van der Waals surface area contributed by atoms with E-state index in [1.165, 1.54) is 12.1 Å². The summed E-state index contributed by atoms with van der Waals surface area (Å²) in [5.41, 5.74) is 0.171. The number of halogens is 2. The maximum atomic E-state index is 13.3. The van der Waals surface area contributed by atoms with Gasteiger partial charge in [0.1, 0.15) is 11.6 Å². The van der Waals surface area contributed by atoms with Crippen molar-refractivity contribution < 1.29 is 13.9 Å². The summed E-state index contributed by atoms with van der Waals surface area (Å²) in [6, 6.07) is 12.4. The third kappa shape index (κ3) is 3.09. The van der Waals surface area contributed by atoms with E-state index in [0.717, 1.165) is 11.8 Å². The molecule has 0 radical (unpaired) electrons. The van der Waals surface area contributed by atoms with Gasteiger partial charge >= 0.3 is 0 Å². The van der Waals surface area contributed by atoms with E-state index >= 15 is 0 Å². The molecule has 1 atom stereocenters. The van der Waals surface area contributed by atoms with Gasteiger partial charge in [-0.2, -0.15) is 0 Å². The third-order valence-corrected chi connectivity index (χ3v) is 3.01. The Morgan fingerprint density at radius 2 is 1.63 bits per heavy atom. The average Bonchev–Trinajstić information content (AvgIpc) is 2.38. The van der Waals surface area contributed by atoms with Gasteiger partial charge in [0, 0.05) is 11.8 Å². The highest BCUT2D eigenvalue weighted by molar-refractivity contribution is 5.47. The number of hydrogen-bond acceptors (Lipinski definition) is 2. The quantitative estimate of drug-likeness (QED) is 0.887. The predicted molar refractivity (Wildman–Crippen MR) is 70.9 cm³/mol. The van der Waals surface area contributed by atoms with E-state index < -0.39 is 17.2 Å². The van der Waals surface area contributed by atoms with Crippen molar-refractivity contribution in [3.63, 3.8) is 0 Å². The SMILES string of the molecule is CC(CO)(Nc1ccccc1)c1cc(F)cc(F)c1. The molecule has 0 aliphatic rings. The molecule has 0 aliphatic carbocycles. The number of nitrogens with one attached hydrogen (secondary N) is 1. The maximum absolute atomic E-state index is 13.3. The largest absolute Gasteiger partial charge is 0.394 e. The van der Waals surface area contributed by atoms with Crippen molar-refractivity contribution in [2.75, 3.05) is 11.9 Å². The summed E-state index contributed by atoms with van der Waals surface area (Å²) in [7, 11) is 0. The minimum absolute atomic E-state index is 0.287. The van der Waals surface area contributed by atoms with Gasteiger partial charge < -0.3 is 10.4 Å². The molecule has 2 N–H and O–H groups in total. The Morgan fingerprint density at radius 1 is 1.05 bits per heavy atom. The fourth-order valence-corrected chi connectivity index (χ4v) is 1.92. The second-order valence-electron chi connectivity index (χ2n) is 4.64. The van der Waals surface area contributed by atoms with Crippen LogP contribution in [0.4, 0.5) is 14.5 Å². The minimum atomic E-state index is -0.954. The normalized spacial score (nSPS) is 13.9. The molecule has 0 heterocycles. The highest BCUT2D eigenvalue weighted by atomic mass is 19.1. The molecule has 0 aromatic heterocycles. The zero-order valence-electron chi connectivity index (χ0n) is 10.5. The van der Waals surface area contributed by atoms with E-state index in [1.807, 2.05) is 30.3 Å². The van der Waals surface area contributed by atoms with Crippen LogP contribution in [0.5, 0.6) is 0 Å². The van der Waals surface area contributed by atoms with Gasteiger partial charge in [-0.3, -0.25) is 0 Å². The van der Waals surface area contributed by atoms with Crippen molar-refractivity contribution in [2.45, 2.75) is 12.5 Å². The highest BCUT2D eigenvalue weighted by Crippen LogP contribution is 2.27. The molecule has 1 unspecified atom stereocenters. The van der Waals surface area contributed by atoms with Crippen molar-refractivity contribution in [1.82, 2.24) is 0 Å². The van der Waals surface area contributed by atoms with Crippen LogP contribution in [0.25, 0.3) is 0 Å². The van der Waals surface area contributed by atoms with Gasteiger partial charge in [0.15, 0.2) is 0 Å². The number of aliphatic hydroxyl groups is 1. The lowest BCUT2D eigenvalue weighted by molar-refractivity contribution is 0.223. The Labute approximate surface area is 110 Å². The van der Waals surface area contributed by atoms with E-state index in [0.29, 0.717) is 5.56 Å². The van der Waals surface area contributed by atoms with E-state index in [2.05, 4.69) is 5.32 Å². The Kier molecular flexibility index (Phi) is 3.81. The van der Waals surface area contributed by atoms with Crippen LogP contribution < -0.4 is 5.32 Å². The van der Waals surface area contributed by atoms with Gasteiger partial charge in [-0.25, -0.2) is 8.78 Å². The molecule has 4 heteroatoms. The smallest absolute Gasteiger partial charge is 0.126 e. The first-order chi connectivity index (χ1) is 9.03. The Bertz CT molecular complexity index is 539. The lowest BCUT2D eigenvalue weighted by atomic mass is 9.92. The number of rotatable bonds is 4.